The third-order valence-electron chi connectivity index (χ3n) is 2.78. The summed E-state index contributed by atoms with van der Waals surface area (Å²) in [6, 6.07) is 2.12. The van der Waals surface area contributed by atoms with Gasteiger partial charge in [0.1, 0.15) is 19.2 Å². The lowest BCUT2D eigenvalue weighted by Gasteiger charge is -2.33. The van der Waals surface area contributed by atoms with Crippen LogP contribution in [0, 0.1) is 11.3 Å². The van der Waals surface area contributed by atoms with Crippen LogP contribution < -0.4 is 0 Å². The minimum atomic E-state index is 0.0482. The van der Waals surface area contributed by atoms with Gasteiger partial charge in [0, 0.05) is 26.2 Å². The van der Waals surface area contributed by atoms with Gasteiger partial charge in [0.2, 0.25) is 5.91 Å². The fraction of sp³-hybridized carbons (Fsp3) is 0.600. The first-order valence-electron chi connectivity index (χ1n) is 5.49. The van der Waals surface area contributed by atoms with Crippen molar-refractivity contribution >= 4 is 5.91 Å². The molecule has 0 spiro atoms. The number of rotatable bonds is 3. The van der Waals surface area contributed by atoms with Crippen molar-refractivity contribution in [1.82, 2.24) is 24.6 Å². The first-order chi connectivity index (χ1) is 8.29. The molecule has 2 heterocycles. The summed E-state index contributed by atoms with van der Waals surface area (Å²) < 4.78 is 1.52. The Hall–Kier alpha value is -1.94. The SMILES string of the molecule is N#CCN1CCN(C(=O)Cn2cncn2)CC1. The van der Waals surface area contributed by atoms with E-state index in [1.807, 2.05) is 4.90 Å². The topological polar surface area (TPSA) is 78.0 Å². The summed E-state index contributed by atoms with van der Waals surface area (Å²) in [6.45, 7) is 3.54. The quantitative estimate of drug-likeness (QED) is 0.623. The fourth-order valence-corrected chi connectivity index (χ4v) is 1.81. The highest BCUT2D eigenvalue weighted by molar-refractivity contribution is 5.76. The standard InChI is InChI=1S/C10H14N6O/c11-1-2-14-3-5-15(6-4-14)10(17)7-16-9-12-8-13-16/h8-9H,2-7H2. The van der Waals surface area contributed by atoms with Crippen LogP contribution in [0.25, 0.3) is 0 Å². The summed E-state index contributed by atoms with van der Waals surface area (Å²) in [7, 11) is 0. The number of nitriles is 1. The van der Waals surface area contributed by atoms with E-state index in [4.69, 9.17) is 5.26 Å². The summed E-state index contributed by atoms with van der Waals surface area (Å²) in [5, 5.41) is 12.5. The zero-order valence-electron chi connectivity index (χ0n) is 9.49. The van der Waals surface area contributed by atoms with Gasteiger partial charge in [-0.1, -0.05) is 0 Å². The maximum Gasteiger partial charge on any atom is 0.244 e. The minimum Gasteiger partial charge on any atom is -0.339 e. The van der Waals surface area contributed by atoms with Crippen LogP contribution in [0.5, 0.6) is 0 Å². The van der Waals surface area contributed by atoms with Crippen molar-refractivity contribution < 1.29 is 4.79 Å². The molecule has 2 rings (SSSR count). The third kappa shape index (κ3) is 3.01. The average Bonchev–Trinajstić information content (AvgIpc) is 2.83. The number of piperazine rings is 1. The van der Waals surface area contributed by atoms with Crippen molar-refractivity contribution in [2.45, 2.75) is 6.54 Å². The van der Waals surface area contributed by atoms with Crippen LogP contribution in [-0.2, 0) is 11.3 Å². The average molecular weight is 234 g/mol. The Morgan fingerprint density at radius 2 is 2.12 bits per heavy atom. The zero-order chi connectivity index (χ0) is 12.1. The van der Waals surface area contributed by atoms with Crippen LogP contribution in [0.1, 0.15) is 0 Å². The van der Waals surface area contributed by atoms with Crippen LogP contribution in [-0.4, -0.2) is 63.2 Å². The van der Waals surface area contributed by atoms with E-state index in [2.05, 4.69) is 16.2 Å². The smallest absolute Gasteiger partial charge is 0.244 e. The fourth-order valence-electron chi connectivity index (χ4n) is 1.81. The Morgan fingerprint density at radius 3 is 2.71 bits per heavy atom. The third-order valence-corrected chi connectivity index (χ3v) is 2.78. The molecular formula is C10H14N6O. The Labute approximate surface area is 99.2 Å². The highest BCUT2D eigenvalue weighted by atomic mass is 16.2. The second-order valence-corrected chi connectivity index (χ2v) is 3.91. The first kappa shape index (κ1) is 11.5. The molecule has 0 unspecified atom stereocenters. The van der Waals surface area contributed by atoms with Gasteiger partial charge in [-0.3, -0.25) is 9.69 Å². The van der Waals surface area contributed by atoms with E-state index in [9.17, 15) is 4.79 Å². The molecule has 0 aliphatic carbocycles. The summed E-state index contributed by atoms with van der Waals surface area (Å²) in [4.78, 5) is 19.5. The van der Waals surface area contributed by atoms with E-state index >= 15 is 0 Å². The van der Waals surface area contributed by atoms with Crippen molar-refractivity contribution in [3.8, 4) is 6.07 Å². The van der Waals surface area contributed by atoms with Crippen LogP contribution in [0.15, 0.2) is 12.7 Å². The van der Waals surface area contributed by atoms with Gasteiger partial charge in [0.25, 0.3) is 0 Å². The molecule has 0 radical (unpaired) electrons. The molecule has 1 amide bonds. The summed E-state index contributed by atoms with van der Waals surface area (Å²) >= 11 is 0. The molecule has 7 nitrogen and oxygen atoms in total. The van der Waals surface area contributed by atoms with Crippen LogP contribution >= 0.6 is 0 Å². The van der Waals surface area contributed by atoms with Gasteiger partial charge in [-0.05, 0) is 0 Å². The Bertz CT molecular complexity index is 401. The first-order valence-corrected chi connectivity index (χ1v) is 5.49. The van der Waals surface area contributed by atoms with Gasteiger partial charge in [-0.2, -0.15) is 10.4 Å². The lowest BCUT2D eigenvalue weighted by Crippen LogP contribution is -2.49. The number of hydrogen-bond donors (Lipinski definition) is 0. The molecule has 0 bridgehead atoms. The molecule has 0 saturated carbocycles. The van der Waals surface area contributed by atoms with E-state index in [0.29, 0.717) is 19.6 Å². The molecular weight excluding hydrogens is 220 g/mol. The Kier molecular flexibility index (Phi) is 3.67. The number of hydrogen-bond acceptors (Lipinski definition) is 5. The number of carbonyl (C=O) groups is 1. The molecule has 0 aromatic carbocycles. The van der Waals surface area contributed by atoms with Crippen molar-refractivity contribution in [3.05, 3.63) is 12.7 Å². The highest BCUT2D eigenvalue weighted by Crippen LogP contribution is 2.02. The molecule has 1 aromatic heterocycles. The molecule has 1 aliphatic heterocycles. The Morgan fingerprint density at radius 1 is 1.35 bits per heavy atom. The van der Waals surface area contributed by atoms with E-state index < -0.39 is 0 Å². The molecule has 7 heteroatoms. The van der Waals surface area contributed by atoms with Gasteiger partial charge in [-0.15, -0.1) is 0 Å². The maximum atomic E-state index is 11.9. The van der Waals surface area contributed by atoms with E-state index in [0.717, 1.165) is 13.1 Å². The highest BCUT2D eigenvalue weighted by Gasteiger charge is 2.20. The second-order valence-electron chi connectivity index (χ2n) is 3.91. The van der Waals surface area contributed by atoms with E-state index in [-0.39, 0.29) is 12.5 Å². The van der Waals surface area contributed by atoms with E-state index in [1.165, 1.54) is 17.3 Å². The predicted octanol–water partition coefficient (Wildman–Crippen LogP) is -1.05. The Balaban J connectivity index is 1.80. The largest absolute Gasteiger partial charge is 0.339 e. The minimum absolute atomic E-state index is 0.0482. The summed E-state index contributed by atoms with van der Waals surface area (Å²) in [5.41, 5.74) is 0. The monoisotopic (exact) mass is 234 g/mol. The van der Waals surface area contributed by atoms with Crippen LogP contribution in [0.2, 0.25) is 0 Å². The van der Waals surface area contributed by atoms with Crippen molar-refractivity contribution in [1.29, 1.82) is 5.26 Å². The van der Waals surface area contributed by atoms with Gasteiger partial charge in [-0.25, -0.2) is 9.67 Å². The number of amides is 1. The molecule has 0 atom stereocenters. The van der Waals surface area contributed by atoms with Gasteiger partial charge < -0.3 is 4.90 Å². The number of nitrogens with zero attached hydrogens (tertiary/aromatic N) is 6. The van der Waals surface area contributed by atoms with Gasteiger partial charge in [0.05, 0.1) is 12.6 Å². The summed E-state index contributed by atoms with van der Waals surface area (Å²) in [5.74, 6) is 0.0482. The second kappa shape index (κ2) is 5.41. The maximum absolute atomic E-state index is 11.9. The van der Waals surface area contributed by atoms with Crippen LogP contribution in [0.4, 0.5) is 0 Å². The predicted molar refractivity (Wildman–Crippen MR) is 58.7 cm³/mol. The van der Waals surface area contributed by atoms with E-state index in [1.54, 1.807) is 4.90 Å². The lowest BCUT2D eigenvalue weighted by molar-refractivity contribution is -0.133. The van der Waals surface area contributed by atoms with Gasteiger partial charge >= 0.3 is 0 Å². The molecule has 1 saturated heterocycles. The molecule has 1 aliphatic rings. The van der Waals surface area contributed by atoms with Gasteiger partial charge in [0.15, 0.2) is 0 Å². The number of carbonyl (C=O) groups excluding carboxylic acids is 1. The van der Waals surface area contributed by atoms with Crippen molar-refractivity contribution in [2.24, 2.45) is 0 Å². The van der Waals surface area contributed by atoms with Crippen LogP contribution in [0.3, 0.4) is 0 Å². The lowest BCUT2D eigenvalue weighted by atomic mass is 10.3. The zero-order valence-corrected chi connectivity index (χ0v) is 9.49. The molecule has 0 N–H and O–H groups in total. The molecule has 90 valence electrons. The number of aromatic nitrogens is 3. The molecule has 1 fully saturated rings. The molecule has 1 aromatic rings. The van der Waals surface area contributed by atoms with Crippen molar-refractivity contribution in [2.75, 3.05) is 32.7 Å². The normalized spacial score (nSPS) is 16.8. The molecule has 17 heavy (non-hydrogen) atoms. The van der Waals surface area contributed by atoms with Crippen molar-refractivity contribution in [3.63, 3.8) is 0 Å². The summed E-state index contributed by atoms with van der Waals surface area (Å²) in [6.07, 6.45) is 2.95.